The second-order valence-electron chi connectivity index (χ2n) is 10.3. The fraction of sp³-hybridized carbons (Fsp3) is 0.393. The van der Waals surface area contributed by atoms with Crippen molar-refractivity contribution < 1.29 is 14.3 Å². The van der Waals surface area contributed by atoms with E-state index in [9.17, 15) is 4.79 Å². The number of ether oxygens (including phenoxy) is 2. The molecular formula is C28H33N5O3S. The summed E-state index contributed by atoms with van der Waals surface area (Å²) in [4.78, 5) is 19.3. The molecule has 4 heterocycles. The SMILES string of the molecule is CCN1CCC(Oc2ccc(Nc3cc4cncc(-c5cnn(C(=O)OC(C)(C)C)c5)c4s3)cc2)CC1. The van der Waals surface area contributed by atoms with E-state index < -0.39 is 11.7 Å². The molecule has 0 atom stereocenters. The number of pyridine rings is 1. The Kier molecular flexibility index (Phi) is 7.17. The molecule has 194 valence electrons. The quantitative estimate of drug-likeness (QED) is 0.309. The third-order valence-corrected chi connectivity index (χ3v) is 7.40. The number of carbonyl (C=O) groups excluding carboxylic acids is 1. The van der Waals surface area contributed by atoms with Crippen LogP contribution in [0.5, 0.6) is 5.75 Å². The van der Waals surface area contributed by atoms with Crippen LogP contribution in [0.2, 0.25) is 0 Å². The van der Waals surface area contributed by atoms with E-state index in [2.05, 4.69) is 33.3 Å². The third-order valence-electron chi connectivity index (χ3n) is 6.30. The predicted octanol–water partition coefficient (Wildman–Crippen LogP) is 6.55. The Morgan fingerprint density at radius 1 is 1.14 bits per heavy atom. The smallest absolute Gasteiger partial charge is 0.435 e. The molecule has 5 rings (SSSR count). The Bertz CT molecular complexity index is 1360. The first-order chi connectivity index (χ1) is 17.8. The van der Waals surface area contributed by atoms with Gasteiger partial charge in [0.15, 0.2) is 0 Å². The largest absolute Gasteiger partial charge is 0.490 e. The summed E-state index contributed by atoms with van der Waals surface area (Å²) in [6.45, 7) is 11.0. The summed E-state index contributed by atoms with van der Waals surface area (Å²) in [7, 11) is 0. The molecule has 1 saturated heterocycles. The molecule has 1 aliphatic heterocycles. The molecule has 1 fully saturated rings. The van der Waals surface area contributed by atoms with Crippen LogP contribution in [0.4, 0.5) is 15.5 Å². The molecular weight excluding hydrogens is 486 g/mol. The molecule has 0 radical (unpaired) electrons. The molecule has 0 aliphatic carbocycles. The first-order valence-corrected chi connectivity index (χ1v) is 13.5. The number of hydrogen-bond acceptors (Lipinski definition) is 8. The summed E-state index contributed by atoms with van der Waals surface area (Å²) >= 11 is 1.64. The topological polar surface area (TPSA) is 81.5 Å². The normalized spacial score (nSPS) is 15.1. The lowest BCUT2D eigenvalue weighted by atomic mass is 10.1. The van der Waals surface area contributed by atoms with Crippen LogP contribution >= 0.6 is 11.3 Å². The fourth-order valence-corrected chi connectivity index (χ4v) is 5.48. The molecule has 0 unspecified atom stereocenters. The van der Waals surface area contributed by atoms with Crippen molar-refractivity contribution in [3.05, 3.63) is 55.1 Å². The van der Waals surface area contributed by atoms with Gasteiger partial charge in [-0.1, -0.05) is 6.92 Å². The average Bonchev–Trinajstić information content (AvgIpc) is 3.52. The minimum atomic E-state index is -0.587. The molecule has 0 spiro atoms. The Balaban J connectivity index is 1.27. The molecule has 1 aliphatic rings. The maximum Gasteiger partial charge on any atom is 0.435 e. The molecule has 9 heteroatoms. The summed E-state index contributed by atoms with van der Waals surface area (Å²) in [5.74, 6) is 0.908. The second kappa shape index (κ2) is 10.5. The zero-order chi connectivity index (χ0) is 26.0. The first-order valence-electron chi connectivity index (χ1n) is 12.7. The van der Waals surface area contributed by atoms with Crippen LogP contribution in [0.15, 0.2) is 55.1 Å². The lowest BCUT2D eigenvalue weighted by molar-refractivity contribution is 0.0514. The highest BCUT2D eigenvalue weighted by Gasteiger charge is 2.20. The van der Waals surface area contributed by atoms with E-state index in [0.717, 1.165) is 70.1 Å². The number of nitrogens with one attached hydrogen (secondary N) is 1. The van der Waals surface area contributed by atoms with E-state index in [0.29, 0.717) is 0 Å². The zero-order valence-electron chi connectivity index (χ0n) is 21.7. The summed E-state index contributed by atoms with van der Waals surface area (Å²) in [5, 5.41) is 9.73. The van der Waals surface area contributed by atoms with Gasteiger partial charge in [0.2, 0.25) is 0 Å². The zero-order valence-corrected chi connectivity index (χ0v) is 22.5. The number of fused-ring (bicyclic) bond motifs is 1. The summed E-state index contributed by atoms with van der Waals surface area (Å²) in [5.41, 5.74) is 2.13. The van der Waals surface area contributed by atoms with E-state index in [1.54, 1.807) is 29.9 Å². The van der Waals surface area contributed by atoms with Gasteiger partial charge in [-0.25, -0.2) is 4.79 Å². The van der Waals surface area contributed by atoms with Gasteiger partial charge in [-0.2, -0.15) is 9.78 Å². The summed E-state index contributed by atoms with van der Waals surface area (Å²) in [6.07, 6.45) is 8.92. The molecule has 1 aromatic carbocycles. The van der Waals surface area contributed by atoms with Crippen LogP contribution in [0, 0.1) is 0 Å². The number of rotatable bonds is 6. The molecule has 1 N–H and O–H groups in total. The molecule has 0 bridgehead atoms. The van der Waals surface area contributed by atoms with Gasteiger partial charge in [0.1, 0.15) is 17.5 Å². The van der Waals surface area contributed by atoms with Crippen molar-refractivity contribution >= 4 is 38.2 Å². The number of hydrogen-bond donors (Lipinski definition) is 1. The van der Waals surface area contributed by atoms with Crippen LogP contribution < -0.4 is 10.1 Å². The molecule has 3 aromatic heterocycles. The third kappa shape index (κ3) is 6.11. The summed E-state index contributed by atoms with van der Waals surface area (Å²) in [6, 6.07) is 10.2. The molecule has 0 saturated carbocycles. The Morgan fingerprint density at radius 2 is 1.89 bits per heavy atom. The van der Waals surface area contributed by atoms with Crippen molar-refractivity contribution in [3.8, 4) is 16.9 Å². The van der Waals surface area contributed by atoms with Gasteiger partial charge in [-0.3, -0.25) is 4.98 Å². The number of aromatic nitrogens is 3. The maximum absolute atomic E-state index is 12.4. The van der Waals surface area contributed by atoms with Crippen molar-refractivity contribution in [2.45, 2.75) is 52.2 Å². The Labute approximate surface area is 221 Å². The van der Waals surface area contributed by atoms with Gasteiger partial charge in [-0.15, -0.1) is 11.3 Å². The van der Waals surface area contributed by atoms with Crippen molar-refractivity contribution in [2.75, 3.05) is 25.0 Å². The number of benzene rings is 1. The average molecular weight is 520 g/mol. The highest BCUT2D eigenvalue weighted by molar-refractivity contribution is 7.23. The summed E-state index contributed by atoms with van der Waals surface area (Å²) < 4.78 is 13.9. The van der Waals surface area contributed by atoms with Gasteiger partial charge >= 0.3 is 6.09 Å². The number of piperidine rings is 1. The van der Waals surface area contributed by atoms with Gasteiger partial charge < -0.3 is 19.7 Å². The van der Waals surface area contributed by atoms with Crippen LogP contribution in [0.3, 0.4) is 0 Å². The monoisotopic (exact) mass is 519 g/mol. The van der Waals surface area contributed by atoms with Gasteiger partial charge in [0.25, 0.3) is 0 Å². The van der Waals surface area contributed by atoms with Crippen LogP contribution in [-0.4, -0.2) is 57.1 Å². The van der Waals surface area contributed by atoms with Crippen molar-refractivity contribution in [1.29, 1.82) is 0 Å². The first kappa shape index (κ1) is 25.2. The van der Waals surface area contributed by atoms with Crippen LogP contribution in [0.1, 0.15) is 40.5 Å². The van der Waals surface area contributed by atoms with E-state index >= 15 is 0 Å². The molecule has 37 heavy (non-hydrogen) atoms. The number of anilines is 2. The van der Waals surface area contributed by atoms with Gasteiger partial charge in [-0.05, 0) is 70.5 Å². The van der Waals surface area contributed by atoms with E-state index in [-0.39, 0.29) is 6.10 Å². The van der Waals surface area contributed by atoms with E-state index in [4.69, 9.17) is 9.47 Å². The van der Waals surface area contributed by atoms with Gasteiger partial charge in [0, 0.05) is 58.6 Å². The van der Waals surface area contributed by atoms with E-state index in [1.165, 1.54) is 4.68 Å². The highest BCUT2D eigenvalue weighted by atomic mass is 32.1. The lowest BCUT2D eigenvalue weighted by Gasteiger charge is -2.31. The minimum absolute atomic E-state index is 0.287. The number of thiophene rings is 1. The van der Waals surface area contributed by atoms with Crippen LogP contribution in [-0.2, 0) is 4.74 Å². The molecule has 8 nitrogen and oxygen atoms in total. The van der Waals surface area contributed by atoms with Crippen molar-refractivity contribution in [3.63, 3.8) is 0 Å². The number of likely N-dealkylation sites (tertiary alicyclic amines) is 1. The van der Waals surface area contributed by atoms with Crippen molar-refractivity contribution in [1.82, 2.24) is 19.7 Å². The minimum Gasteiger partial charge on any atom is -0.490 e. The Morgan fingerprint density at radius 3 is 2.59 bits per heavy atom. The van der Waals surface area contributed by atoms with Crippen molar-refractivity contribution in [2.24, 2.45) is 0 Å². The second-order valence-corrected chi connectivity index (χ2v) is 11.3. The van der Waals surface area contributed by atoms with Crippen LogP contribution in [0.25, 0.3) is 21.2 Å². The van der Waals surface area contributed by atoms with Gasteiger partial charge in [0.05, 0.1) is 11.2 Å². The van der Waals surface area contributed by atoms with E-state index in [1.807, 2.05) is 51.2 Å². The standard InChI is InChI=1S/C28H33N5O3S/c1-5-32-12-10-23(11-13-32)35-22-8-6-21(7-9-22)31-25-14-19-15-29-17-24(26(19)37-25)20-16-30-33(18-20)27(34)36-28(2,3)4/h6-9,14-18,23,31H,5,10-13H2,1-4H3. The number of nitrogens with zero attached hydrogens (tertiary/aromatic N) is 4. The highest BCUT2D eigenvalue weighted by Crippen LogP contribution is 2.38. The molecule has 0 amide bonds. The lowest BCUT2D eigenvalue weighted by Crippen LogP contribution is -2.37. The maximum atomic E-state index is 12.4. The Hall–Kier alpha value is -3.43. The number of carbonyl (C=O) groups is 1. The fourth-order valence-electron chi connectivity index (χ4n) is 4.39. The predicted molar refractivity (Wildman–Crippen MR) is 148 cm³/mol. The molecule has 4 aromatic rings.